The van der Waals surface area contributed by atoms with Crippen molar-refractivity contribution in [1.82, 2.24) is 4.90 Å². The summed E-state index contributed by atoms with van der Waals surface area (Å²) < 4.78 is 0. The van der Waals surface area contributed by atoms with Gasteiger partial charge < -0.3 is 5.73 Å². The molecule has 2 nitrogen and oxygen atoms in total. The van der Waals surface area contributed by atoms with E-state index in [1.54, 1.807) is 0 Å². The second kappa shape index (κ2) is 5.07. The van der Waals surface area contributed by atoms with E-state index in [1.807, 2.05) is 0 Å². The van der Waals surface area contributed by atoms with E-state index in [2.05, 4.69) is 23.6 Å². The van der Waals surface area contributed by atoms with Crippen molar-refractivity contribution in [3.05, 3.63) is 0 Å². The third kappa shape index (κ3) is 2.69. The molecule has 2 rings (SSSR count). The normalized spacial score (nSPS) is 32.0. The first-order valence-electron chi connectivity index (χ1n) is 6.28. The molecule has 1 aliphatic heterocycles. The molecule has 1 aliphatic carbocycles. The number of nitrogens with zero attached hydrogens (tertiary/aromatic N) is 1. The molecule has 3 heteroatoms. The monoisotopic (exact) mass is 228 g/mol. The fourth-order valence-electron chi connectivity index (χ4n) is 2.98. The van der Waals surface area contributed by atoms with Crippen molar-refractivity contribution in [2.24, 2.45) is 11.1 Å². The van der Waals surface area contributed by atoms with Gasteiger partial charge in [-0.3, -0.25) is 4.90 Å². The Bertz CT molecular complexity index is 202. The third-order valence-corrected chi connectivity index (χ3v) is 5.33. The molecule has 2 aliphatic rings. The second-order valence-corrected chi connectivity index (χ2v) is 6.46. The molecular weight excluding hydrogens is 204 g/mol. The van der Waals surface area contributed by atoms with Crippen LogP contribution in [0.2, 0.25) is 0 Å². The molecule has 1 heterocycles. The van der Waals surface area contributed by atoms with Gasteiger partial charge in [0.05, 0.1) is 0 Å². The minimum atomic E-state index is 0.469. The van der Waals surface area contributed by atoms with Crippen molar-refractivity contribution in [3.8, 4) is 0 Å². The van der Waals surface area contributed by atoms with Gasteiger partial charge in [-0.15, -0.1) is 0 Å². The van der Waals surface area contributed by atoms with E-state index in [-0.39, 0.29) is 0 Å². The van der Waals surface area contributed by atoms with Crippen LogP contribution in [-0.4, -0.2) is 42.1 Å². The minimum Gasteiger partial charge on any atom is -0.330 e. The maximum absolute atomic E-state index is 6.00. The first-order valence-corrected chi connectivity index (χ1v) is 7.43. The maximum atomic E-state index is 6.00. The molecular formula is C12H24N2S. The smallest absolute Gasteiger partial charge is 0.0158 e. The average molecular weight is 228 g/mol. The Morgan fingerprint density at radius 3 is 2.73 bits per heavy atom. The number of nitrogens with two attached hydrogens (primary N) is 1. The molecule has 0 aromatic heterocycles. The number of hydrogen-bond donors (Lipinski definition) is 1. The molecule has 1 unspecified atom stereocenters. The number of hydrogen-bond acceptors (Lipinski definition) is 3. The standard InChI is InChI=1S/C12H24N2S/c1-11-8-15-7-6-14(11)10-12(9-13)4-2-3-5-12/h11H,2-10,13H2,1H3. The van der Waals surface area contributed by atoms with Gasteiger partial charge in [-0.2, -0.15) is 11.8 Å². The van der Waals surface area contributed by atoms with Gasteiger partial charge >= 0.3 is 0 Å². The zero-order valence-electron chi connectivity index (χ0n) is 9.87. The first-order chi connectivity index (χ1) is 7.26. The lowest BCUT2D eigenvalue weighted by molar-refractivity contribution is 0.134. The summed E-state index contributed by atoms with van der Waals surface area (Å²) in [5.74, 6) is 2.62. The minimum absolute atomic E-state index is 0.469. The van der Waals surface area contributed by atoms with Crippen LogP contribution in [-0.2, 0) is 0 Å². The van der Waals surface area contributed by atoms with Gasteiger partial charge in [-0.1, -0.05) is 12.8 Å². The first kappa shape index (κ1) is 11.7. The molecule has 0 spiro atoms. The van der Waals surface area contributed by atoms with Crippen LogP contribution in [0.25, 0.3) is 0 Å². The van der Waals surface area contributed by atoms with E-state index in [0.29, 0.717) is 5.41 Å². The second-order valence-electron chi connectivity index (χ2n) is 5.31. The molecule has 1 saturated heterocycles. The zero-order chi connectivity index (χ0) is 10.7. The van der Waals surface area contributed by atoms with E-state index in [9.17, 15) is 0 Å². The fourth-order valence-corrected chi connectivity index (χ4v) is 4.06. The van der Waals surface area contributed by atoms with E-state index in [1.165, 1.54) is 50.3 Å². The van der Waals surface area contributed by atoms with Crippen molar-refractivity contribution >= 4 is 11.8 Å². The molecule has 2 N–H and O–H groups in total. The Morgan fingerprint density at radius 2 is 2.13 bits per heavy atom. The molecule has 0 amide bonds. The van der Waals surface area contributed by atoms with Gasteiger partial charge in [0, 0.05) is 30.6 Å². The molecule has 1 saturated carbocycles. The summed E-state index contributed by atoms with van der Waals surface area (Å²) in [6.45, 7) is 5.79. The Balaban J connectivity index is 1.93. The van der Waals surface area contributed by atoms with Crippen LogP contribution >= 0.6 is 11.8 Å². The van der Waals surface area contributed by atoms with Gasteiger partial charge in [0.15, 0.2) is 0 Å². The largest absolute Gasteiger partial charge is 0.330 e. The lowest BCUT2D eigenvalue weighted by Gasteiger charge is -2.40. The van der Waals surface area contributed by atoms with Crippen LogP contribution in [0.3, 0.4) is 0 Å². The summed E-state index contributed by atoms with van der Waals surface area (Å²) >= 11 is 2.10. The van der Waals surface area contributed by atoms with Crippen LogP contribution in [0.15, 0.2) is 0 Å². The van der Waals surface area contributed by atoms with Crippen LogP contribution < -0.4 is 5.73 Å². The van der Waals surface area contributed by atoms with E-state index in [4.69, 9.17) is 5.73 Å². The Morgan fingerprint density at radius 1 is 1.40 bits per heavy atom. The van der Waals surface area contributed by atoms with Crippen molar-refractivity contribution in [2.45, 2.75) is 38.6 Å². The van der Waals surface area contributed by atoms with Crippen molar-refractivity contribution < 1.29 is 0 Å². The molecule has 88 valence electrons. The topological polar surface area (TPSA) is 29.3 Å². The quantitative estimate of drug-likeness (QED) is 0.800. The fraction of sp³-hybridized carbons (Fsp3) is 1.00. The summed E-state index contributed by atoms with van der Waals surface area (Å²) in [4.78, 5) is 2.68. The summed E-state index contributed by atoms with van der Waals surface area (Å²) in [6, 6.07) is 0.757. The molecule has 1 atom stereocenters. The van der Waals surface area contributed by atoms with Crippen LogP contribution in [0.1, 0.15) is 32.6 Å². The maximum Gasteiger partial charge on any atom is 0.0158 e. The van der Waals surface area contributed by atoms with Crippen molar-refractivity contribution in [2.75, 3.05) is 31.1 Å². The van der Waals surface area contributed by atoms with Crippen LogP contribution in [0, 0.1) is 5.41 Å². The Kier molecular flexibility index (Phi) is 3.97. The highest BCUT2D eigenvalue weighted by Crippen LogP contribution is 2.38. The van der Waals surface area contributed by atoms with Gasteiger partial charge in [0.1, 0.15) is 0 Å². The number of thioether (sulfide) groups is 1. The Hall–Kier alpha value is 0.270. The highest BCUT2D eigenvalue weighted by Gasteiger charge is 2.35. The lowest BCUT2D eigenvalue weighted by Crippen LogP contribution is -2.48. The Labute approximate surface area is 98.0 Å². The summed E-state index contributed by atoms with van der Waals surface area (Å²) in [5, 5.41) is 0. The molecule has 15 heavy (non-hydrogen) atoms. The van der Waals surface area contributed by atoms with Gasteiger partial charge in [-0.25, -0.2) is 0 Å². The summed E-state index contributed by atoms with van der Waals surface area (Å²) in [5.41, 5.74) is 6.47. The van der Waals surface area contributed by atoms with Gasteiger partial charge in [-0.05, 0) is 31.7 Å². The zero-order valence-corrected chi connectivity index (χ0v) is 10.7. The van der Waals surface area contributed by atoms with E-state index in [0.717, 1.165) is 12.6 Å². The molecule has 0 aromatic rings. The SMILES string of the molecule is CC1CSCCN1CC1(CN)CCCC1. The summed E-state index contributed by atoms with van der Waals surface area (Å²) in [7, 11) is 0. The van der Waals surface area contributed by atoms with Crippen LogP contribution in [0.4, 0.5) is 0 Å². The van der Waals surface area contributed by atoms with E-state index < -0.39 is 0 Å². The van der Waals surface area contributed by atoms with Gasteiger partial charge in [0.25, 0.3) is 0 Å². The molecule has 2 fully saturated rings. The number of rotatable bonds is 3. The highest BCUT2D eigenvalue weighted by atomic mass is 32.2. The molecule has 0 aromatic carbocycles. The van der Waals surface area contributed by atoms with Crippen LogP contribution in [0.5, 0.6) is 0 Å². The van der Waals surface area contributed by atoms with E-state index >= 15 is 0 Å². The van der Waals surface area contributed by atoms with Crippen molar-refractivity contribution in [3.63, 3.8) is 0 Å². The average Bonchev–Trinajstić information content (AvgIpc) is 2.71. The predicted octanol–water partition coefficient (Wildman–Crippen LogP) is 1.94. The lowest BCUT2D eigenvalue weighted by atomic mass is 9.85. The third-order valence-electron chi connectivity index (χ3n) is 4.14. The highest BCUT2D eigenvalue weighted by molar-refractivity contribution is 7.99. The molecule has 0 radical (unpaired) electrons. The summed E-state index contributed by atoms with van der Waals surface area (Å²) in [6.07, 6.45) is 5.52. The van der Waals surface area contributed by atoms with Crippen molar-refractivity contribution in [1.29, 1.82) is 0 Å². The predicted molar refractivity (Wildman–Crippen MR) is 68.3 cm³/mol. The molecule has 0 bridgehead atoms. The van der Waals surface area contributed by atoms with Gasteiger partial charge in [0.2, 0.25) is 0 Å².